The van der Waals surface area contributed by atoms with Gasteiger partial charge >= 0.3 is 0 Å². The van der Waals surface area contributed by atoms with Gasteiger partial charge in [-0.1, -0.05) is 25.1 Å². The maximum Gasteiger partial charge on any atom is 0.0676 e. The molecule has 15 heavy (non-hydrogen) atoms. The minimum Gasteiger partial charge on any atom is -0.388 e. The van der Waals surface area contributed by atoms with Gasteiger partial charge in [-0.05, 0) is 29.7 Å². The summed E-state index contributed by atoms with van der Waals surface area (Å²) in [6.45, 7) is 2.86. The van der Waals surface area contributed by atoms with Crippen molar-refractivity contribution < 1.29 is 4.74 Å². The molecule has 82 valence electrons. The Kier molecular flexibility index (Phi) is 4.91. The van der Waals surface area contributed by atoms with Crippen LogP contribution >= 0.6 is 0 Å². The molecule has 0 saturated carbocycles. The van der Waals surface area contributed by atoms with Crippen LogP contribution in [0.1, 0.15) is 18.9 Å². The largest absolute Gasteiger partial charge is 0.388 e. The fourth-order valence-corrected chi connectivity index (χ4v) is 1.41. The van der Waals surface area contributed by atoms with E-state index in [1.54, 1.807) is 7.11 Å². The Bertz CT molecular complexity index is 314. The fraction of sp³-hybridized carbons (Fsp3) is 0.385. The Morgan fingerprint density at radius 2 is 2.00 bits per heavy atom. The van der Waals surface area contributed by atoms with Gasteiger partial charge in [-0.25, -0.2) is 0 Å². The van der Waals surface area contributed by atoms with E-state index in [4.69, 9.17) is 4.74 Å². The molecule has 0 aliphatic carbocycles. The molecule has 0 aliphatic rings. The van der Waals surface area contributed by atoms with Crippen LogP contribution < -0.4 is 5.32 Å². The SMILES string of the molecule is CC/C(=C/c1ccc(NC)cc1)COC. The molecular formula is C13H19NO. The average Bonchev–Trinajstić information content (AvgIpc) is 2.29. The molecule has 0 heterocycles. The molecule has 0 aliphatic heterocycles. The second kappa shape index (κ2) is 6.25. The third kappa shape index (κ3) is 3.76. The van der Waals surface area contributed by atoms with Crippen LogP contribution in [0.4, 0.5) is 5.69 Å². The highest BCUT2D eigenvalue weighted by Gasteiger charge is 1.95. The van der Waals surface area contributed by atoms with E-state index in [2.05, 4.69) is 42.6 Å². The summed E-state index contributed by atoms with van der Waals surface area (Å²) in [6.07, 6.45) is 3.21. The highest BCUT2D eigenvalue weighted by atomic mass is 16.5. The quantitative estimate of drug-likeness (QED) is 0.797. The van der Waals surface area contributed by atoms with Gasteiger partial charge < -0.3 is 10.1 Å². The monoisotopic (exact) mass is 205 g/mol. The summed E-state index contributed by atoms with van der Waals surface area (Å²) >= 11 is 0. The lowest BCUT2D eigenvalue weighted by molar-refractivity contribution is 0.224. The van der Waals surface area contributed by atoms with Crippen LogP contribution in [0.3, 0.4) is 0 Å². The molecule has 0 radical (unpaired) electrons. The molecule has 0 atom stereocenters. The normalized spacial score (nSPS) is 11.5. The van der Waals surface area contributed by atoms with Crippen molar-refractivity contribution in [1.82, 2.24) is 0 Å². The van der Waals surface area contributed by atoms with Crippen molar-refractivity contribution in [3.05, 3.63) is 35.4 Å². The third-order valence-electron chi connectivity index (χ3n) is 2.35. The first-order valence-corrected chi connectivity index (χ1v) is 5.26. The molecule has 0 aromatic heterocycles. The van der Waals surface area contributed by atoms with E-state index >= 15 is 0 Å². The summed E-state index contributed by atoms with van der Waals surface area (Å²) in [7, 11) is 3.65. The highest BCUT2D eigenvalue weighted by Crippen LogP contribution is 2.13. The van der Waals surface area contributed by atoms with E-state index in [0.717, 1.165) is 12.1 Å². The summed E-state index contributed by atoms with van der Waals surface area (Å²) in [5.41, 5.74) is 3.68. The second-order valence-corrected chi connectivity index (χ2v) is 3.46. The molecular weight excluding hydrogens is 186 g/mol. The maximum atomic E-state index is 5.13. The molecule has 2 heteroatoms. The van der Waals surface area contributed by atoms with Crippen molar-refractivity contribution in [2.24, 2.45) is 0 Å². The number of rotatable bonds is 5. The fourth-order valence-electron chi connectivity index (χ4n) is 1.41. The van der Waals surface area contributed by atoms with E-state index in [1.807, 2.05) is 7.05 Å². The summed E-state index contributed by atoms with van der Waals surface area (Å²) in [4.78, 5) is 0. The zero-order chi connectivity index (χ0) is 11.1. The van der Waals surface area contributed by atoms with Gasteiger partial charge in [0.05, 0.1) is 6.61 Å². The van der Waals surface area contributed by atoms with Gasteiger partial charge in [-0.15, -0.1) is 0 Å². The Labute approximate surface area is 92.0 Å². The zero-order valence-corrected chi connectivity index (χ0v) is 9.71. The van der Waals surface area contributed by atoms with Crippen LogP contribution in [0.2, 0.25) is 0 Å². The van der Waals surface area contributed by atoms with Gasteiger partial charge in [0.1, 0.15) is 0 Å². The van der Waals surface area contributed by atoms with Gasteiger partial charge in [0.15, 0.2) is 0 Å². The predicted molar refractivity (Wildman–Crippen MR) is 66.1 cm³/mol. The molecule has 1 aromatic rings. The van der Waals surface area contributed by atoms with Gasteiger partial charge in [-0.2, -0.15) is 0 Å². The van der Waals surface area contributed by atoms with Crippen LogP contribution in [0.5, 0.6) is 0 Å². The van der Waals surface area contributed by atoms with Crippen molar-refractivity contribution in [3.63, 3.8) is 0 Å². The summed E-state index contributed by atoms with van der Waals surface area (Å²) in [6, 6.07) is 8.37. The third-order valence-corrected chi connectivity index (χ3v) is 2.35. The Hall–Kier alpha value is -1.28. The predicted octanol–water partition coefficient (Wildman–Crippen LogP) is 3.17. The van der Waals surface area contributed by atoms with Gasteiger partial charge in [0.25, 0.3) is 0 Å². The standard InChI is InChI=1S/C13H19NO/c1-4-11(10-15-3)9-12-5-7-13(14-2)8-6-12/h5-9,14H,4,10H2,1-3H3/b11-9-. The molecule has 1 aromatic carbocycles. The van der Waals surface area contributed by atoms with E-state index < -0.39 is 0 Å². The van der Waals surface area contributed by atoms with E-state index in [-0.39, 0.29) is 0 Å². The molecule has 0 saturated heterocycles. The van der Waals surface area contributed by atoms with Crippen LogP contribution in [-0.2, 0) is 4.74 Å². The molecule has 0 spiro atoms. The maximum absolute atomic E-state index is 5.13. The average molecular weight is 205 g/mol. The Balaban J connectivity index is 2.77. The minimum absolute atomic E-state index is 0.713. The Morgan fingerprint density at radius 3 is 2.47 bits per heavy atom. The number of nitrogens with one attached hydrogen (secondary N) is 1. The molecule has 1 N–H and O–H groups in total. The number of hydrogen-bond donors (Lipinski definition) is 1. The van der Waals surface area contributed by atoms with Crippen LogP contribution in [-0.4, -0.2) is 20.8 Å². The van der Waals surface area contributed by atoms with E-state index in [9.17, 15) is 0 Å². The molecule has 0 bridgehead atoms. The second-order valence-electron chi connectivity index (χ2n) is 3.46. The number of anilines is 1. The lowest BCUT2D eigenvalue weighted by Gasteiger charge is -2.04. The van der Waals surface area contributed by atoms with Gasteiger partial charge in [0.2, 0.25) is 0 Å². The topological polar surface area (TPSA) is 21.3 Å². The summed E-state index contributed by atoms with van der Waals surface area (Å²) in [5.74, 6) is 0. The van der Waals surface area contributed by atoms with Crippen LogP contribution in [0.15, 0.2) is 29.8 Å². The molecule has 0 unspecified atom stereocenters. The van der Waals surface area contributed by atoms with E-state index in [0.29, 0.717) is 6.61 Å². The number of methoxy groups -OCH3 is 1. The smallest absolute Gasteiger partial charge is 0.0676 e. The first-order chi connectivity index (χ1) is 7.30. The molecule has 2 nitrogen and oxygen atoms in total. The Morgan fingerprint density at radius 1 is 1.33 bits per heavy atom. The van der Waals surface area contributed by atoms with Crippen molar-refractivity contribution >= 4 is 11.8 Å². The van der Waals surface area contributed by atoms with Crippen molar-refractivity contribution in [2.45, 2.75) is 13.3 Å². The van der Waals surface area contributed by atoms with Crippen molar-refractivity contribution in [2.75, 3.05) is 26.1 Å². The first kappa shape index (κ1) is 11.8. The summed E-state index contributed by atoms with van der Waals surface area (Å²) in [5, 5.41) is 3.10. The summed E-state index contributed by atoms with van der Waals surface area (Å²) < 4.78 is 5.13. The van der Waals surface area contributed by atoms with Crippen LogP contribution in [0, 0.1) is 0 Å². The number of ether oxygens (including phenoxy) is 1. The molecule has 0 amide bonds. The van der Waals surface area contributed by atoms with Crippen molar-refractivity contribution in [3.8, 4) is 0 Å². The molecule has 1 rings (SSSR count). The lowest BCUT2D eigenvalue weighted by atomic mass is 10.1. The molecule has 0 fully saturated rings. The lowest BCUT2D eigenvalue weighted by Crippen LogP contribution is -1.93. The first-order valence-electron chi connectivity index (χ1n) is 5.26. The minimum atomic E-state index is 0.713. The van der Waals surface area contributed by atoms with Gasteiger partial charge in [0, 0.05) is 19.8 Å². The highest BCUT2D eigenvalue weighted by molar-refractivity contribution is 5.57. The van der Waals surface area contributed by atoms with E-state index in [1.165, 1.54) is 11.1 Å². The van der Waals surface area contributed by atoms with Crippen LogP contribution in [0.25, 0.3) is 6.08 Å². The van der Waals surface area contributed by atoms with Crippen molar-refractivity contribution in [1.29, 1.82) is 0 Å². The number of benzene rings is 1. The number of hydrogen-bond acceptors (Lipinski definition) is 2. The van der Waals surface area contributed by atoms with Gasteiger partial charge in [-0.3, -0.25) is 0 Å². The zero-order valence-electron chi connectivity index (χ0n) is 9.71.